The van der Waals surface area contributed by atoms with Crippen molar-refractivity contribution < 1.29 is 13.2 Å². The third-order valence-electron chi connectivity index (χ3n) is 3.02. The third-order valence-corrected chi connectivity index (χ3v) is 5.34. The van der Waals surface area contributed by atoms with Gasteiger partial charge in [-0.2, -0.15) is 0 Å². The van der Waals surface area contributed by atoms with Gasteiger partial charge in [0.25, 0.3) is 10.0 Å². The molecule has 0 saturated carbocycles. The van der Waals surface area contributed by atoms with E-state index in [1.54, 1.807) is 36.4 Å². The summed E-state index contributed by atoms with van der Waals surface area (Å²) in [5.41, 5.74) is 6.59. The molecule has 0 saturated heterocycles. The standard InChI is InChI=1S/C15H15BrN2O3S/c1-11-2-6-13(7-3-11)18(10-15(17)19)22(20,21)14-8-4-12(16)5-9-14/h2-9H,10H2,1H3,(H2,17,19). The Bertz CT molecular complexity index is 771. The van der Waals surface area contributed by atoms with Crippen LogP contribution in [0.3, 0.4) is 0 Å². The van der Waals surface area contributed by atoms with E-state index in [0.29, 0.717) is 5.69 Å². The molecule has 0 radical (unpaired) electrons. The van der Waals surface area contributed by atoms with Gasteiger partial charge in [0, 0.05) is 4.47 Å². The van der Waals surface area contributed by atoms with Crippen LogP contribution in [0.15, 0.2) is 57.9 Å². The maximum atomic E-state index is 12.8. The molecular weight excluding hydrogens is 368 g/mol. The summed E-state index contributed by atoms with van der Waals surface area (Å²) in [7, 11) is -3.87. The minimum Gasteiger partial charge on any atom is -0.368 e. The normalized spacial score (nSPS) is 11.2. The van der Waals surface area contributed by atoms with Crippen molar-refractivity contribution in [2.75, 3.05) is 10.8 Å². The molecule has 0 aliphatic rings. The van der Waals surface area contributed by atoms with Crippen molar-refractivity contribution in [3.05, 3.63) is 58.6 Å². The molecule has 0 aliphatic carbocycles. The van der Waals surface area contributed by atoms with Crippen LogP contribution in [0, 0.1) is 6.92 Å². The molecule has 0 spiro atoms. The first kappa shape index (κ1) is 16.5. The van der Waals surface area contributed by atoms with E-state index < -0.39 is 22.5 Å². The van der Waals surface area contributed by atoms with Crippen molar-refractivity contribution in [1.29, 1.82) is 0 Å². The van der Waals surface area contributed by atoms with Gasteiger partial charge in [0.05, 0.1) is 10.6 Å². The van der Waals surface area contributed by atoms with Gasteiger partial charge in [0.2, 0.25) is 5.91 Å². The number of carbonyl (C=O) groups is 1. The summed E-state index contributed by atoms with van der Waals surface area (Å²) in [5.74, 6) is -0.721. The van der Waals surface area contributed by atoms with Gasteiger partial charge in [-0.3, -0.25) is 9.10 Å². The van der Waals surface area contributed by atoms with Crippen LogP contribution in [0.2, 0.25) is 0 Å². The molecule has 0 aliphatic heterocycles. The Labute approximate surface area is 137 Å². The van der Waals surface area contributed by atoms with Crippen LogP contribution in [-0.4, -0.2) is 20.9 Å². The van der Waals surface area contributed by atoms with Crippen LogP contribution in [0.1, 0.15) is 5.56 Å². The second-order valence-electron chi connectivity index (χ2n) is 4.77. The van der Waals surface area contributed by atoms with Gasteiger partial charge in [-0.15, -0.1) is 0 Å². The zero-order chi connectivity index (χ0) is 16.3. The Morgan fingerprint density at radius 3 is 2.14 bits per heavy atom. The lowest BCUT2D eigenvalue weighted by Crippen LogP contribution is -2.38. The highest BCUT2D eigenvalue weighted by Gasteiger charge is 2.26. The Morgan fingerprint density at radius 1 is 1.09 bits per heavy atom. The third kappa shape index (κ3) is 3.66. The number of aryl methyl sites for hydroxylation is 1. The van der Waals surface area contributed by atoms with Gasteiger partial charge >= 0.3 is 0 Å². The largest absolute Gasteiger partial charge is 0.368 e. The van der Waals surface area contributed by atoms with Crippen molar-refractivity contribution in [3.8, 4) is 0 Å². The number of benzene rings is 2. The maximum absolute atomic E-state index is 12.8. The summed E-state index contributed by atoms with van der Waals surface area (Å²) in [6.45, 7) is 1.48. The second-order valence-corrected chi connectivity index (χ2v) is 7.55. The smallest absolute Gasteiger partial charge is 0.264 e. The Kier molecular flexibility index (Phi) is 4.87. The molecule has 2 aromatic rings. The number of primary amides is 1. The highest BCUT2D eigenvalue weighted by atomic mass is 79.9. The molecule has 1 amide bonds. The Morgan fingerprint density at radius 2 is 1.64 bits per heavy atom. The predicted octanol–water partition coefficient (Wildman–Crippen LogP) is 2.44. The number of halogens is 1. The summed E-state index contributed by atoms with van der Waals surface area (Å²) in [6, 6.07) is 13.1. The number of amides is 1. The van der Waals surface area contributed by atoms with Gasteiger partial charge in [-0.05, 0) is 43.3 Å². The molecule has 0 aromatic heterocycles. The van der Waals surface area contributed by atoms with E-state index in [1.807, 2.05) is 6.92 Å². The fourth-order valence-electron chi connectivity index (χ4n) is 1.90. The van der Waals surface area contributed by atoms with E-state index in [-0.39, 0.29) is 4.90 Å². The van der Waals surface area contributed by atoms with Crippen molar-refractivity contribution in [2.45, 2.75) is 11.8 Å². The van der Waals surface area contributed by atoms with Gasteiger partial charge < -0.3 is 5.73 Å². The number of sulfonamides is 1. The van der Waals surface area contributed by atoms with Crippen molar-refractivity contribution in [1.82, 2.24) is 0 Å². The van der Waals surface area contributed by atoms with E-state index >= 15 is 0 Å². The minimum atomic E-state index is -3.87. The first-order chi connectivity index (χ1) is 10.3. The molecule has 0 fully saturated rings. The second kappa shape index (κ2) is 6.50. The molecule has 2 rings (SSSR count). The minimum absolute atomic E-state index is 0.0949. The van der Waals surface area contributed by atoms with E-state index in [2.05, 4.69) is 15.9 Å². The SMILES string of the molecule is Cc1ccc(N(CC(N)=O)S(=O)(=O)c2ccc(Br)cc2)cc1. The topological polar surface area (TPSA) is 80.5 Å². The summed E-state index contributed by atoms with van der Waals surface area (Å²) >= 11 is 3.26. The Balaban J connectivity index is 2.50. The predicted molar refractivity (Wildman–Crippen MR) is 89.0 cm³/mol. The van der Waals surface area contributed by atoms with E-state index in [0.717, 1.165) is 14.3 Å². The van der Waals surface area contributed by atoms with Crippen LogP contribution in [0.4, 0.5) is 5.69 Å². The average molecular weight is 383 g/mol. The van der Waals surface area contributed by atoms with Crippen LogP contribution in [0.5, 0.6) is 0 Å². The molecule has 5 nitrogen and oxygen atoms in total. The molecule has 0 atom stereocenters. The zero-order valence-electron chi connectivity index (χ0n) is 11.9. The lowest BCUT2D eigenvalue weighted by Gasteiger charge is -2.23. The summed E-state index contributed by atoms with van der Waals surface area (Å²) in [6.07, 6.45) is 0. The number of hydrogen-bond donors (Lipinski definition) is 1. The molecule has 116 valence electrons. The molecular formula is C15H15BrN2O3S. The summed E-state index contributed by atoms with van der Waals surface area (Å²) < 4.78 is 27.3. The maximum Gasteiger partial charge on any atom is 0.264 e. The van der Waals surface area contributed by atoms with Crippen LogP contribution >= 0.6 is 15.9 Å². The van der Waals surface area contributed by atoms with Gasteiger partial charge in [0.15, 0.2) is 0 Å². The van der Waals surface area contributed by atoms with Gasteiger partial charge in [-0.1, -0.05) is 33.6 Å². The molecule has 7 heteroatoms. The summed E-state index contributed by atoms with van der Waals surface area (Å²) in [4.78, 5) is 11.4. The number of nitrogens with two attached hydrogens (primary N) is 1. The van der Waals surface area contributed by atoms with Crippen molar-refractivity contribution >= 4 is 37.5 Å². The lowest BCUT2D eigenvalue weighted by atomic mass is 10.2. The average Bonchev–Trinajstić information content (AvgIpc) is 2.46. The molecule has 2 N–H and O–H groups in total. The fourth-order valence-corrected chi connectivity index (χ4v) is 3.60. The number of rotatable bonds is 5. The molecule has 22 heavy (non-hydrogen) atoms. The molecule has 0 heterocycles. The molecule has 0 bridgehead atoms. The van der Waals surface area contributed by atoms with Gasteiger partial charge in [0.1, 0.15) is 6.54 Å². The van der Waals surface area contributed by atoms with E-state index in [4.69, 9.17) is 5.73 Å². The van der Waals surface area contributed by atoms with E-state index in [1.165, 1.54) is 12.1 Å². The number of nitrogens with zero attached hydrogens (tertiary/aromatic N) is 1. The monoisotopic (exact) mass is 382 g/mol. The number of carbonyl (C=O) groups excluding carboxylic acids is 1. The van der Waals surface area contributed by atoms with Crippen LogP contribution < -0.4 is 10.0 Å². The molecule has 0 unspecified atom stereocenters. The highest BCUT2D eigenvalue weighted by Crippen LogP contribution is 2.24. The van der Waals surface area contributed by atoms with Crippen LogP contribution in [-0.2, 0) is 14.8 Å². The first-order valence-electron chi connectivity index (χ1n) is 6.44. The zero-order valence-corrected chi connectivity index (χ0v) is 14.3. The Hall–Kier alpha value is -1.86. The van der Waals surface area contributed by atoms with Crippen molar-refractivity contribution in [3.63, 3.8) is 0 Å². The fraction of sp³-hybridized carbons (Fsp3) is 0.133. The molecule has 2 aromatic carbocycles. The highest BCUT2D eigenvalue weighted by molar-refractivity contribution is 9.10. The van der Waals surface area contributed by atoms with Crippen LogP contribution in [0.25, 0.3) is 0 Å². The first-order valence-corrected chi connectivity index (χ1v) is 8.67. The number of hydrogen-bond acceptors (Lipinski definition) is 3. The number of anilines is 1. The van der Waals surface area contributed by atoms with E-state index in [9.17, 15) is 13.2 Å². The summed E-state index contributed by atoms with van der Waals surface area (Å²) in [5, 5.41) is 0. The van der Waals surface area contributed by atoms with Crippen molar-refractivity contribution in [2.24, 2.45) is 5.73 Å². The van der Waals surface area contributed by atoms with Gasteiger partial charge in [-0.25, -0.2) is 8.42 Å². The lowest BCUT2D eigenvalue weighted by molar-refractivity contribution is -0.116. The quantitative estimate of drug-likeness (QED) is 0.861.